The second-order valence-electron chi connectivity index (χ2n) is 9.71. The van der Waals surface area contributed by atoms with E-state index in [1.54, 1.807) is 16.7 Å². The van der Waals surface area contributed by atoms with Gasteiger partial charge in [0.1, 0.15) is 5.82 Å². The number of benzene rings is 3. The number of aryl methyl sites for hydroxylation is 1. The Morgan fingerprint density at radius 1 is 1.03 bits per heavy atom. The van der Waals surface area contributed by atoms with Crippen LogP contribution in [0.4, 0.5) is 4.39 Å². The van der Waals surface area contributed by atoms with Gasteiger partial charge in [-0.25, -0.2) is 9.38 Å². The zero-order valence-electron chi connectivity index (χ0n) is 20.6. The van der Waals surface area contributed by atoms with Gasteiger partial charge in [-0.1, -0.05) is 72.0 Å². The van der Waals surface area contributed by atoms with E-state index in [-0.39, 0.29) is 17.4 Å². The summed E-state index contributed by atoms with van der Waals surface area (Å²) in [5.41, 5.74) is 7.33. The molecule has 0 N–H and O–H groups in total. The van der Waals surface area contributed by atoms with E-state index >= 15 is 0 Å². The van der Waals surface area contributed by atoms with Crippen molar-refractivity contribution in [2.75, 3.05) is 0 Å². The van der Waals surface area contributed by atoms with E-state index in [0.29, 0.717) is 15.9 Å². The number of hydrogen-bond donors (Lipinski definition) is 0. The standard InChI is InChI=1S/C32H24FN3OS/c1-2-17-35-19-22(24-8-5-6-10-27(24)35)18-28-31(37)36-30(21-11-14-23(33)15-12-21)26-16-13-20-7-3-4-9-25(20)29(26)34-32(36)38-28/h2-12,14-15,18-19,30H,1,13,16-17H2/b28-18+/t30-/m0/s1. The fourth-order valence-electron chi connectivity index (χ4n) is 5.79. The highest BCUT2D eigenvalue weighted by Crippen LogP contribution is 2.41. The van der Waals surface area contributed by atoms with Crippen LogP contribution in [0.25, 0.3) is 22.7 Å². The summed E-state index contributed by atoms with van der Waals surface area (Å²) in [6.07, 6.45) is 7.61. The molecule has 5 aromatic rings. The Morgan fingerprint density at radius 3 is 2.66 bits per heavy atom. The van der Waals surface area contributed by atoms with Gasteiger partial charge in [0.05, 0.1) is 16.3 Å². The van der Waals surface area contributed by atoms with E-state index < -0.39 is 0 Å². The van der Waals surface area contributed by atoms with Crippen LogP contribution in [-0.4, -0.2) is 9.13 Å². The number of fused-ring (bicyclic) bond motifs is 4. The summed E-state index contributed by atoms with van der Waals surface area (Å²) in [6, 6.07) is 22.7. The van der Waals surface area contributed by atoms with Gasteiger partial charge >= 0.3 is 0 Å². The molecule has 0 spiro atoms. The van der Waals surface area contributed by atoms with Crippen LogP contribution in [0.15, 0.2) is 107 Å². The summed E-state index contributed by atoms with van der Waals surface area (Å²) in [4.78, 5) is 19.8. The van der Waals surface area contributed by atoms with Gasteiger partial charge in [0.25, 0.3) is 5.56 Å². The van der Waals surface area contributed by atoms with Crippen LogP contribution in [0.2, 0.25) is 0 Å². The monoisotopic (exact) mass is 517 g/mol. The summed E-state index contributed by atoms with van der Waals surface area (Å²) < 4.78 is 18.5. The first-order valence-electron chi connectivity index (χ1n) is 12.7. The molecule has 0 unspecified atom stereocenters. The summed E-state index contributed by atoms with van der Waals surface area (Å²) in [5, 5.41) is 1.09. The Bertz CT molecular complexity index is 1960. The summed E-state index contributed by atoms with van der Waals surface area (Å²) in [6.45, 7) is 4.57. The Kier molecular flexibility index (Phi) is 5.37. The molecule has 186 valence electrons. The largest absolute Gasteiger partial charge is 0.343 e. The number of aromatic nitrogens is 2. The van der Waals surface area contributed by atoms with Gasteiger partial charge in [-0.15, -0.1) is 6.58 Å². The topological polar surface area (TPSA) is 39.3 Å². The molecule has 0 amide bonds. The quantitative estimate of drug-likeness (QED) is 0.286. The molecule has 2 aromatic heterocycles. The van der Waals surface area contributed by atoms with Crippen LogP contribution < -0.4 is 14.9 Å². The predicted molar refractivity (Wildman–Crippen MR) is 151 cm³/mol. The van der Waals surface area contributed by atoms with Crippen molar-refractivity contribution in [1.82, 2.24) is 9.13 Å². The Hall–Kier alpha value is -4.29. The fourth-order valence-corrected chi connectivity index (χ4v) is 6.78. The normalized spacial score (nSPS) is 16.7. The molecule has 7 rings (SSSR count). The number of allylic oxidation sites excluding steroid dienone is 2. The molecule has 0 saturated heterocycles. The van der Waals surface area contributed by atoms with Crippen molar-refractivity contribution in [2.45, 2.75) is 25.4 Å². The Morgan fingerprint density at radius 2 is 1.82 bits per heavy atom. The molecule has 0 radical (unpaired) electrons. The van der Waals surface area contributed by atoms with Crippen molar-refractivity contribution in [1.29, 1.82) is 0 Å². The van der Waals surface area contributed by atoms with Crippen molar-refractivity contribution >= 4 is 34.0 Å². The lowest BCUT2D eigenvalue weighted by Crippen LogP contribution is -2.38. The highest BCUT2D eigenvalue weighted by Gasteiger charge is 2.32. The lowest BCUT2D eigenvalue weighted by Gasteiger charge is -2.30. The van der Waals surface area contributed by atoms with Crippen LogP contribution in [0.1, 0.15) is 34.7 Å². The predicted octanol–water partition coefficient (Wildman–Crippen LogP) is 5.60. The average molecular weight is 518 g/mol. The van der Waals surface area contributed by atoms with Crippen LogP contribution in [0.3, 0.4) is 0 Å². The highest BCUT2D eigenvalue weighted by atomic mass is 32.1. The van der Waals surface area contributed by atoms with Crippen LogP contribution in [0.5, 0.6) is 0 Å². The number of nitrogens with zero attached hydrogens (tertiary/aromatic N) is 3. The number of thiazole rings is 1. The number of hydrogen-bond acceptors (Lipinski definition) is 3. The van der Waals surface area contributed by atoms with Crippen LogP contribution in [-0.2, 0) is 13.0 Å². The minimum absolute atomic E-state index is 0.0750. The second-order valence-corrected chi connectivity index (χ2v) is 10.7. The van der Waals surface area contributed by atoms with E-state index in [2.05, 4.69) is 47.7 Å². The Labute approximate surface area is 222 Å². The van der Waals surface area contributed by atoms with Gasteiger partial charge in [0, 0.05) is 34.8 Å². The lowest BCUT2D eigenvalue weighted by molar-refractivity contribution is 0.581. The number of rotatable bonds is 4. The lowest BCUT2D eigenvalue weighted by atomic mass is 9.83. The first-order valence-corrected chi connectivity index (χ1v) is 13.5. The molecule has 6 heteroatoms. The first-order chi connectivity index (χ1) is 18.6. The third-order valence-corrected chi connectivity index (χ3v) is 8.47. The average Bonchev–Trinajstić information content (AvgIpc) is 3.45. The van der Waals surface area contributed by atoms with Crippen molar-refractivity contribution in [3.63, 3.8) is 0 Å². The fraction of sp³-hybridized carbons (Fsp3) is 0.125. The van der Waals surface area contributed by atoms with Crippen molar-refractivity contribution in [2.24, 2.45) is 4.99 Å². The van der Waals surface area contributed by atoms with E-state index in [4.69, 9.17) is 4.99 Å². The summed E-state index contributed by atoms with van der Waals surface area (Å²) in [7, 11) is 0. The van der Waals surface area contributed by atoms with Gasteiger partial charge in [0.15, 0.2) is 4.80 Å². The maximum atomic E-state index is 14.0. The SMILES string of the molecule is C=CCn1cc(/C=c2/sc3n(c2=O)[C@@H](c2ccc(F)cc2)C2=C(N=3)c3ccccc3CC2)c2ccccc21. The van der Waals surface area contributed by atoms with Gasteiger partial charge in [-0.05, 0) is 53.8 Å². The summed E-state index contributed by atoms with van der Waals surface area (Å²) >= 11 is 1.41. The minimum atomic E-state index is -0.320. The van der Waals surface area contributed by atoms with Gasteiger partial charge < -0.3 is 4.57 Å². The molecular weight excluding hydrogens is 493 g/mol. The minimum Gasteiger partial charge on any atom is -0.343 e. The second kappa shape index (κ2) is 8.92. The van der Waals surface area contributed by atoms with Crippen LogP contribution >= 0.6 is 11.3 Å². The molecule has 0 saturated carbocycles. The zero-order chi connectivity index (χ0) is 25.8. The van der Waals surface area contributed by atoms with Gasteiger partial charge in [-0.3, -0.25) is 9.36 Å². The molecule has 0 bridgehead atoms. The van der Waals surface area contributed by atoms with Crippen molar-refractivity contribution < 1.29 is 4.39 Å². The van der Waals surface area contributed by atoms with E-state index in [1.807, 2.05) is 30.4 Å². The third-order valence-electron chi connectivity index (χ3n) is 7.49. The van der Waals surface area contributed by atoms with Gasteiger partial charge in [0.2, 0.25) is 0 Å². The summed E-state index contributed by atoms with van der Waals surface area (Å²) in [5.74, 6) is -0.291. The molecule has 1 aliphatic carbocycles. The molecule has 1 atom stereocenters. The van der Waals surface area contributed by atoms with E-state index in [0.717, 1.165) is 51.7 Å². The third kappa shape index (κ3) is 3.56. The number of halogens is 1. The first kappa shape index (κ1) is 22.9. The van der Waals surface area contributed by atoms with Gasteiger partial charge in [-0.2, -0.15) is 0 Å². The molecule has 3 aromatic carbocycles. The smallest absolute Gasteiger partial charge is 0.271 e. The maximum absolute atomic E-state index is 14.0. The molecular formula is C32H24FN3OS. The number of para-hydroxylation sites is 1. The molecule has 3 heterocycles. The molecule has 2 aliphatic rings. The van der Waals surface area contributed by atoms with E-state index in [1.165, 1.54) is 29.0 Å². The highest BCUT2D eigenvalue weighted by molar-refractivity contribution is 7.07. The molecule has 0 fully saturated rings. The Balaban J connectivity index is 1.48. The van der Waals surface area contributed by atoms with Crippen LogP contribution in [0, 0.1) is 5.82 Å². The molecule has 38 heavy (non-hydrogen) atoms. The maximum Gasteiger partial charge on any atom is 0.271 e. The van der Waals surface area contributed by atoms with Crippen molar-refractivity contribution in [3.8, 4) is 0 Å². The zero-order valence-corrected chi connectivity index (χ0v) is 21.4. The van der Waals surface area contributed by atoms with Crippen molar-refractivity contribution in [3.05, 3.63) is 145 Å². The molecule has 1 aliphatic heterocycles. The van der Waals surface area contributed by atoms with E-state index in [9.17, 15) is 9.18 Å². The molecule has 4 nitrogen and oxygen atoms in total.